The molecule has 3 rings (SSSR count). The van der Waals surface area contributed by atoms with Crippen LogP contribution in [0.2, 0.25) is 0 Å². The first-order chi connectivity index (χ1) is 10.3. The Hall–Kier alpha value is -3.06. The third-order valence-corrected chi connectivity index (χ3v) is 3.06. The largest absolute Gasteiger partial charge is 0.489 e. The molecule has 21 heavy (non-hydrogen) atoms. The van der Waals surface area contributed by atoms with Crippen molar-refractivity contribution in [1.29, 1.82) is 5.26 Å². The molecule has 0 amide bonds. The van der Waals surface area contributed by atoms with Gasteiger partial charge in [0, 0.05) is 12.3 Å². The van der Waals surface area contributed by atoms with Gasteiger partial charge in [0.05, 0.1) is 5.69 Å². The Bertz CT molecular complexity index is 772. The van der Waals surface area contributed by atoms with E-state index in [4.69, 9.17) is 10.00 Å². The molecule has 0 aliphatic heterocycles. The lowest BCUT2D eigenvalue weighted by Crippen LogP contribution is -1.96. The van der Waals surface area contributed by atoms with Crippen molar-refractivity contribution in [3.8, 4) is 17.5 Å². The van der Waals surface area contributed by atoms with Crippen LogP contribution in [0.5, 0.6) is 5.75 Å². The Morgan fingerprint density at radius 3 is 2.71 bits per heavy atom. The van der Waals surface area contributed by atoms with Crippen LogP contribution in [-0.4, -0.2) is 9.55 Å². The number of ether oxygens (including phenoxy) is 1. The van der Waals surface area contributed by atoms with Crippen molar-refractivity contribution in [3.63, 3.8) is 0 Å². The summed E-state index contributed by atoms with van der Waals surface area (Å²) in [5.74, 6) is 0.781. The lowest BCUT2D eigenvalue weighted by Gasteiger charge is -2.08. The van der Waals surface area contributed by atoms with Crippen LogP contribution in [0.15, 0.2) is 67.1 Å². The molecular weight excluding hydrogens is 262 g/mol. The van der Waals surface area contributed by atoms with Gasteiger partial charge in [0.2, 0.25) is 0 Å². The monoisotopic (exact) mass is 275 g/mol. The molecule has 0 fully saturated rings. The van der Waals surface area contributed by atoms with Crippen molar-refractivity contribution in [2.45, 2.75) is 6.61 Å². The van der Waals surface area contributed by atoms with E-state index in [2.05, 4.69) is 4.98 Å². The maximum Gasteiger partial charge on any atom is 0.158 e. The maximum absolute atomic E-state index is 8.81. The van der Waals surface area contributed by atoms with Crippen molar-refractivity contribution in [3.05, 3.63) is 78.4 Å². The highest BCUT2D eigenvalue weighted by Crippen LogP contribution is 2.18. The molecule has 102 valence electrons. The minimum Gasteiger partial charge on any atom is -0.489 e. The summed E-state index contributed by atoms with van der Waals surface area (Å²) in [6.45, 7) is 0.525. The van der Waals surface area contributed by atoms with E-state index in [1.54, 1.807) is 17.1 Å². The van der Waals surface area contributed by atoms with Gasteiger partial charge < -0.3 is 9.30 Å². The van der Waals surface area contributed by atoms with E-state index in [1.807, 2.05) is 60.7 Å². The van der Waals surface area contributed by atoms with Crippen molar-refractivity contribution < 1.29 is 4.74 Å². The summed E-state index contributed by atoms with van der Waals surface area (Å²) >= 11 is 0. The molecule has 2 aromatic carbocycles. The lowest BCUT2D eigenvalue weighted by molar-refractivity contribution is 0.306. The highest BCUT2D eigenvalue weighted by atomic mass is 16.5. The summed E-state index contributed by atoms with van der Waals surface area (Å²) in [7, 11) is 0. The highest BCUT2D eigenvalue weighted by Gasteiger charge is 2.02. The normalized spacial score (nSPS) is 10.0. The van der Waals surface area contributed by atoms with Gasteiger partial charge in [-0.2, -0.15) is 5.26 Å². The van der Waals surface area contributed by atoms with Gasteiger partial charge in [-0.25, -0.2) is 4.98 Å². The maximum atomic E-state index is 8.81. The van der Waals surface area contributed by atoms with Crippen molar-refractivity contribution in [2.24, 2.45) is 0 Å². The van der Waals surface area contributed by atoms with Crippen LogP contribution in [0.25, 0.3) is 5.69 Å². The van der Waals surface area contributed by atoms with Gasteiger partial charge in [-0.3, -0.25) is 0 Å². The predicted octanol–water partition coefficient (Wildman–Crippen LogP) is 3.32. The predicted molar refractivity (Wildman–Crippen MR) is 79.1 cm³/mol. The number of hydrogen-bond donors (Lipinski definition) is 0. The van der Waals surface area contributed by atoms with Gasteiger partial charge >= 0.3 is 0 Å². The van der Waals surface area contributed by atoms with Gasteiger partial charge in [-0.05, 0) is 17.7 Å². The molecule has 0 bridgehead atoms. The first kappa shape index (κ1) is 12.9. The molecule has 0 N–H and O–H groups in total. The van der Waals surface area contributed by atoms with Crippen LogP contribution in [-0.2, 0) is 6.61 Å². The number of imidazole rings is 1. The molecule has 3 aromatic rings. The number of rotatable bonds is 4. The quantitative estimate of drug-likeness (QED) is 0.734. The number of benzene rings is 2. The van der Waals surface area contributed by atoms with E-state index in [9.17, 15) is 0 Å². The molecule has 0 aliphatic rings. The van der Waals surface area contributed by atoms with Gasteiger partial charge in [0.15, 0.2) is 5.69 Å². The van der Waals surface area contributed by atoms with Crippen LogP contribution in [0.1, 0.15) is 11.3 Å². The zero-order chi connectivity index (χ0) is 14.5. The van der Waals surface area contributed by atoms with Crippen LogP contribution in [0.4, 0.5) is 0 Å². The summed E-state index contributed by atoms with van der Waals surface area (Å²) in [5.41, 5.74) is 2.43. The molecule has 0 aliphatic carbocycles. The summed E-state index contributed by atoms with van der Waals surface area (Å²) in [5, 5.41) is 8.81. The van der Waals surface area contributed by atoms with Crippen molar-refractivity contribution in [2.75, 3.05) is 0 Å². The first-order valence-corrected chi connectivity index (χ1v) is 6.56. The minimum absolute atomic E-state index is 0.394. The number of hydrogen-bond acceptors (Lipinski definition) is 3. The average molecular weight is 275 g/mol. The second-order valence-corrected chi connectivity index (χ2v) is 4.55. The Kier molecular flexibility index (Phi) is 3.66. The average Bonchev–Trinajstić information content (AvgIpc) is 3.03. The fourth-order valence-corrected chi connectivity index (χ4v) is 2.00. The van der Waals surface area contributed by atoms with Gasteiger partial charge in [0.1, 0.15) is 24.8 Å². The zero-order valence-corrected chi connectivity index (χ0v) is 11.3. The van der Waals surface area contributed by atoms with Crippen molar-refractivity contribution in [1.82, 2.24) is 9.55 Å². The summed E-state index contributed by atoms with van der Waals surface area (Å²) < 4.78 is 7.59. The van der Waals surface area contributed by atoms with Crippen LogP contribution < -0.4 is 4.74 Å². The summed E-state index contributed by atoms with van der Waals surface area (Å²) in [6.07, 6.45) is 3.31. The van der Waals surface area contributed by atoms with E-state index in [-0.39, 0.29) is 0 Å². The third-order valence-electron chi connectivity index (χ3n) is 3.06. The Morgan fingerprint density at radius 2 is 1.95 bits per heavy atom. The third kappa shape index (κ3) is 3.10. The molecule has 1 aromatic heterocycles. The molecule has 4 heteroatoms. The summed E-state index contributed by atoms with van der Waals surface area (Å²) in [4.78, 5) is 4.00. The second-order valence-electron chi connectivity index (χ2n) is 4.55. The van der Waals surface area contributed by atoms with Gasteiger partial charge in [-0.15, -0.1) is 0 Å². The zero-order valence-electron chi connectivity index (χ0n) is 11.3. The fourth-order valence-electron chi connectivity index (χ4n) is 2.00. The Balaban J connectivity index is 1.76. The van der Waals surface area contributed by atoms with Gasteiger partial charge in [-0.1, -0.05) is 36.4 Å². The van der Waals surface area contributed by atoms with E-state index in [1.165, 1.54) is 0 Å². The Morgan fingerprint density at radius 1 is 1.10 bits per heavy atom. The fraction of sp³-hybridized carbons (Fsp3) is 0.0588. The Labute approximate surface area is 122 Å². The molecule has 0 radical (unpaired) electrons. The van der Waals surface area contributed by atoms with Crippen LogP contribution in [0.3, 0.4) is 0 Å². The SMILES string of the molecule is N#Cc1cn(-c2cccc(OCc3ccccc3)c2)cn1. The summed E-state index contributed by atoms with van der Waals surface area (Å²) in [6, 6.07) is 19.7. The molecule has 0 atom stereocenters. The van der Waals surface area contributed by atoms with Gasteiger partial charge in [0.25, 0.3) is 0 Å². The van der Waals surface area contributed by atoms with E-state index >= 15 is 0 Å². The standard InChI is InChI=1S/C17H13N3O/c18-10-15-11-20(13-19-15)16-7-4-8-17(9-16)21-12-14-5-2-1-3-6-14/h1-9,11,13H,12H2. The molecule has 4 nitrogen and oxygen atoms in total. The molecule has 0 spiro atoms. The molecule has 0 saturated heterocycles. The number of aromatic nitrogens is 2. The van der Waals surface area contributed by atoms with Crippen molar-refractivity contribution >= 4 is 0 Å². The molecule has 0 saturated carbocycles. The lowest BCUT2D eigenvalue weighted by atomic mass is 10.2. The molecule has 0 unspecified atom stereocenters. The van der Waals surface area contributed by atoms with E-state index in [0.29, 0.717) is 12.3 Å². The van der Waals surface area contributed by atoms with Crippen LogP contribution in [0, 0.1) is 11.3 Å². The van der Waals surface area contributed by atoms with E-state index < -0.39 is 0 Å². The smallest absolute Gasteiger partial charge is 0.158 e. The minimum atomic E-state index is 0.394. The topological polar surface area (TPSA) is 50.8 Å². The molecular formula is C17H13N3O. The number of nitriles is 1. The second kappa shape index (κ2) is 5.93. The highest BCUT2D eigenvalue weighted by molar-refractivity contribution is 5.40. The van der Waals surface area contributed by atoms with E-state index in [0.717, 1.165) is 17.0 Å². The van der Waals surface area contributed by atoms with Crippen LogP contribution >= 0.6 is 0 Å². The number of nitrogens with zero attached hydrogens (tertiary/aromatic N) is 3. The molecule has 1 heterocycles. The first-order valence-electron chi connectivity index (χ1n) is 6.56.